The molecule has 1 unspecified atom stereocenters. The van der Waals surface area contributed by atoms with Crippen LogP contribution in [0, 0.1) is 6.92 Å². The molecule has 0 aromatic carbocycles. The van der Waals surface area contributed by atoms with Crippen molar-refractivity contribution in [2.75, 3.05) is 0 Å². The minimum Gasteiger partial charge on any atom is -0.271 e. The lowest BCUT2D eigenvalue weighted by molar-refractivity contribution is 0.645. The predicted octanol–water partition coefficient (Wildman–Crippen LogP) is 2.07. The van der Waals surface area contributed by atoms with E-state index in [-0.39, 0.29) is 6.04 Å². The molecule has 2 aromatic rings. The summed E-state index contributed by atoms with van der Waals surface area (Å²) >= 11 is 3.17. The summed E-state index contributed by atoms with van der Waals surface area (Å²) in [5.74, 6) is 5.56. The van der Waals surface area contributed by atoms with E-state index >= 15 is 0 Å². The summed E-state index contributed by atoms with van der Waals surface area (Å²) in [4.78, 5) is 1.15. The first-order chi connectivity index (χ1) is 6.83. The molecular formula is C9H11N3S2. The maximum atomic E-state index is 5.56. The van der Waals surface area contributed by atoms with Crippen LogP contribution in [0.3, 0.4) is 0 Å². The molecule has 0 saturated carbocycles. The molecule has 5 heteroatoms. The van der Waals surface area contributed by atoms with Gasteiger partial charge >= 0.3 is 0 Å². The molecule has 0 aliphatic carbocycles. The molecule has 2 heterocycles. The fraction of sp³-hybridized carbons (Fsp3) is 0.222. The molecule has 0 amide bonds. The first-order valence-electron chi connectivity index (χ1n) is 4.22. The van der Waals surface area contributed by atoms with Crippen molar-refractivity contribution in [1.82, 2.24) is 9.80 Å². The van der Waals surface area contributed by atoms with Gasteiger partial charge in [0.1, 0.15) is 0 Å². The Kier molecular flexibility index (Phi) is 2.93. The standard InChI is InChI=1S/C9H11N3S2/c1-6-4-13-5-7(6)9(12-10)8-2-3-11-14-8/h2-5,9,12H,10H2,1H3. The van der Waals surface area contributed by atoms with Crippen LogP contribution in [0.2, 0.25) is 0 Å². The highest BCUT2D eigenvalue weighted by Crippen LogP contribution is 2.28. The number of thiophene rings is 1. The lowest BCUT2D eigenvalue weighted by Gasteiger charge is -2.13. The van der Waals surface area contributed by atoms with Gasteiger partial charge in [0.25, 0.3) is 0 Å². The van der Waals surface area contributed by atoms with Crippen molar-refractivity contribution >= 4 is 22.9 Å². The van der Waals surface area contributed by atoms with Crippen LogP contribution in [0.25, 0.3) is 0 Å². The number of nitrogens with zero attached hydrogens (tertiary/aromatic N) is 1. The number of hydrogen-bond donors (Lipinski definition) is 2. The van der Waals surface area contributed by atoms with E-state index in [1.807, 2.05) is 6.07 Å². The number of hydrazine groups is 1. The van der Waals surface area contributed by atoms with Gasteiger partial charge in [-0.3, -0.25) is 5.84 Å². The summed E-state index contributed by atoms with van der Waals surface area (Å²) in [6.45, 7) is 2.09. The number of hydrogen-bond acceptors (Lipinski definition) is 5. The Morgan fingerprint density at radius 1 is 1.50 bits per heavy atom. The van der Waals surface area contributed by atoms with Gasteiger partial charge in [-0.05, 0) is 46.4 Å². The van der Waals surface area contributed by atoms with Gasteiger partial charge < -0.3 is 0 Å². The molecule has 1 atom stereocenters. The van der Waals surface area contributed by atoms with E-state index in [4.69, 9.17) is 5.84 Å². The summed E-state index contributed by atoms with van der Waals surface area (Å²) in [7, 11) is 0. The largest absolute Gasteiger partial charge is 0.271 e. The Hall–Kier alpha value is -0.750. The first-order valence-corrected chi connectivity index (χ1v) is 5.94. The summed E-state index contributed by atoms with van der Waals surface area (Å²) in [5.41, 5.74) is 5.33. The van der Waals surface area contributed by atoms with E-state index in [9.17, 15) is 0 Å². The zero-order valence-corrected chi connectivity index (χ0v) is 9.36. The average Bonchev–Trinajstić information content (AvgIpc) is 2.80. The molecule has 2 aromatic heterocycles. The molecule has 0 spiro atoms. The smallest absolute Gasteiger partial charge is 0.0829 e. The Morgan fingerprint density at radius 2 is 2.36 bits per heavy atom. The zero-order valence-electron chi connectivity index (χ0n) is 7.73. The van der Waals surface area contributed by atoms with Crippen molar-refractivity contribution < 1.29 is 0 Å². The van der Waals surface area contributed by atoms with Gasteiger partial charge in [0, 0.05) is 11.1 Å². The number of nitrogens with one attached hydrogen (secondary N) is 1. The molecule has 3 N–H and O–H groups in total. The second-order valence-corrected chi connectivity index (χ2v) is 4.63. The van der Waals surface area contributed by atoms with Crippen LogP contribution in [0.4, 0.5) is 0 Å². The van der Waals surface area contributed by atoms with Crippen LogP contribution >= 0.6 is 22.9 Å². The van der Waals surface area contributed by atoms with Crippen molar-refractivity contribution in [2.45, 2.75) is 13.0 Å². The second kappa shape index (κ2) is 4.18. The lowest BCUT2D eigenvalue weighted by atomic mass is 10.1. The molecule has 2 rings (SSSR count). The topological polar surface area (TPSA) is 50.9 Å². The highest BCUT2D eigenvalue weighted by atomic mass is 32.1. The van der Waals surface area contributed by atoms with E-state index in [2.05, 4.69) is 27.5 Å². The Bertz CT molecular complexity index is 394. The Balaban J connectivity index is 2.36. The minimum atomic E-state index is 0.0775. The number of rotatable bonds is 3. The Labute approximate surface area is 90.7 Å². The van der Waals surface area contributed by atoms with E-state index in [0.717, 1.165) is 4.88 Å². The first kappa shape index (κ1) is 9.79. The van der Waals surface area contributed by atoms with E-state index in [0.29, 0.717) is 0 Å². The van der Waals surface area contributed by atoms with Gasteiger partial charge in [0.15, 0.2) is 0 Å². The van der Waals surface area contributed by atoms with Crippen molar-refractivity contribution in [3.63, 3.8) is 0 Å². The van der Waals surface area contributed by atoms with Gasteiger partial charge in [-0.2, -0.15) is 11.3 Å². The third-order valence-electron chi connectivity index (χ3n) is 2.12. The van der Waals surface area contributed by atoms with Gasteiger partial charge in [-0.15, -0.1) is 0 Å². The summed E-state index contributed by atoms with van der Waals surface area (Å²) < 4.78 is 4.08. The SMILES string of the molecule is Cc1cscc1C(NN)c1ccns1. The van der Waals surface area contributed by atoms with Crippen LogP contribution in [0.5, 0.6) is 0 Å². The average molecular weight is 225 g/mol. The highest BCUT2D eigenvalue weighted by Gasteiger charge is 2.16. The van der Waals surface area contributed by atoms with Crippen molar-refractivity contribution in [3.8, 4) is 0 Å². The highest BCUT2D eigenvalue weighted by molar-refractivity contribution is 7.08. The minimum absolute atomic E-state index is 0.0775. The van der Waals surface area contributed by atoms with Crippen molar-refractivity contribution in [2.24, 2.45) is 5.84 Å². The quantitative estimate of drug-likeness (QED) is 0.621. The number of nitrogens with two attached hydrogens (primary N) is 1. The number of aryl methyl sites for hydroxylation is 1. The third kappa shape index (κ3) is 1.72. The van der Waals surface area contributed by atoms with E-state index in [1.165, 1.54) is 22.7 Å². The Morgan fingerprint density at radius 3 is 2.86 bits per heavy atom. The van der Waals surface area contributed by atoms with Crippen LogP contribution in [-0.4, -0.2) is 4.37 Å². The molecule has 14 heavy (non-hydrogen) atoms. The fourth-order valence-electron chi connectivity index (χ4n) is 1.37. The monoisotopic (exact) mass is 225 g/mol. The summed E-state index contributed by atoms with van der Waals surface area (Å²) in [5, 5.41) is 4.25. The van der Waals surface area contributed by atoms with Crippen LogP contribution < -0.4 is 11.3 Å². The molecule has 0 bridgehead atoms. The fourth-order valence-corrected chi connectivity index (χ4v) is 2.91. The van der Waals surface area contributed by atoms with Crippen LogP contribution in [-0.2, 0) is 0 Å². The lowest BCUT2D eigenvalue weighted by Crippen LogP contribution is -2.28. The maximum absolute atomic E-state index is 5.56. The van der Waals surface area contributed by atoms with Crippen molar-refractivity contribution in [3.05, 3.63) is 39.0 Å². The van der Waals surface area contributed by atoms with Gasteiger partial charge in [-0.25, -0.2) is 9.80 Å². The zero-order chi connectivity index (χ0) is 9.97. The molecular weight excluding hydrogens is 214 g/mol. The number of aromatic nitrogens is 1. The molecule has 0 aliphatic heterocycles. The van der Waals surface area contributed by atoms with Gasteiger partial charge in [-0.1, -0.05) is 0 Å². The van der Waals surface area contributed by atoms with Gasteiger partial charge in [0.05, 0.1) is 6.04 Å². The molecule has 0 aliphatic rings. The predicted molar refractivity (Wildman–Crippen MR) is 60.3 cm³/mol. The maximum Gasteiger partial charge on any atom is 0.0829 e. The van der Waals surface area contributed by atoms with Crippen LogP contribution in [0.1, 0.15) is 22.0 Å². The molecule has 0 saturated heterocycles. The summed E-state index contributed by atoms with van der Waals surface area (Å²) in [6, 6.07) is 2.07. The molecule has 3 nitrogen and oxygen atoms in total. The van der Waals surface area contributed by atoms with Gasteiger partial charge in [0.2, 0.25) is 0 Å². The normalized spacial score (nSPS) is 13.0. The van der Waals surface area contributed by atoms with E-state index in [1.54, 1.807) is 17.5 Å². The van der Waals surface area contributed by atoms with Crippen LogP contribution in [0.15, 0.2) is 23.0 Å². The van der Waals surface area contributed by atoms with E-state index < -0.39 is 0 Å². The second-order valence-electron chi connectivity index (χ2n) is 3.02. The molecule has 74 valence electrons. The molecule has 0 fully saturated rings. The molecule has 0 radical (unpaired) electrons. The third-order valence-corrected chi connectivity index (χ3v) is 3.80. The summed E-state index contributed by atoms with van der Waals surface area (Å²) in [6.07, 6.45) is 1.80. The van der Waals surface area contributed by atoms with Crippen molar-refractivity contribution in [1.29, 1.82) is 0 Å².